The van der Waals surface area contributed by atoms with Crippen molar-refractivity contribution >= 4 is 22.4 Å². The highest BCUT2D eigenvalue weighted by molar-refractivity contribution is 7.17. The van der Waals surface area contributed by atoms with Gasteiger partial charge in [-0.05, 0) is 12.5 Å². The van der Waals surface area contributed by atoms with Crippen molar-refractivity contribution < 1.29 is 9.53 Å². The van der Waals surface area contributed by atoms with E-state index >= 15 is 0 Å². The number of ether oxygens (including phenoxy) is 1. The van der Waals surface area contributed by atoms with Crippen LogP contribution in [-0.4, -0.2) is 13.2 Å². The van der Waals surface area contributed by atoms with Gasteiger partial charge in [0.1, 0.15) is 11.1 Å². The summed E-state index contributed by atoms with van der Waals surface area (Å²) >= 11 is 1.37. The van der Waals surface area contributed by atoms with Crippen LogP contribution < -0.4 is 5.32 Å². The Kier molecular flexibility index (Phi) is 3.83. The molecular weight excluding hydrogens is 260 g/mol. The fourth-order valence-electron chi connectivity index (χ4n) is 1.84. The number of carbonyl (C=O) groups is 1. The van der Waals surface area contributed by atoms with Gasteiger partial charge in [-0.25, -0.2) is 4.79 Å². The van der Waals surface area contributed by atoms with Crippen LogP contribution in [0.25, 0.3) is 11.1 Å². The molecule has 96 valence electrons. The van der Waals surface area contributed by atoms with Gasteiger partial charge in [-0.2, -0.15) is 5.26 Å². The maximum atomic E-state index is 11.3. The van der Waals surface area contributed by atoms with E-state index in [9.17, 15) is 10.1 Å². The third-order valence-electron chi connectivity index (χ3n) is 2.66. The average molecular weight is 272 g/mol. The molecule has 4 nitrogen and oxygen atoms in total. The third-order valence-corrected chi connectivity index (χ3v) is 3.68. The topological polar surface area (TPSA) is 62.1 Å². The van der Waals surface area contributed by atoms with E-state index in [0.717, 1.165) is 16.0 Å². The smallest absolute Gasteiger partial charge is 0.411 e. The number of nitrogens with one attached hydrogen (secondary N) is 1. The fourth-order valence-corrected chi connectivity index (χ4v) is 2.85. The molecule has 0 aliphatic heterocycles. The monoisotopic (exact) mass is 272 g/mol. The summed E-state index contributed by atoms with van der Waals surface area (Å²) in [5, 5.41) is 12.4. The number of nitriles is 1. The molecule has 0 aliphatic carbocycles. The van der Waals surface area contributed by atoms with E-state index < -0.39 is 6.09 Å². The molecule has 0 saturated carbocycles. The number of nitrogens with zero attached hydrogens (tertiary/aromatic N) is 1. The van der Waals surface area contributed by atoms with Crippen LogP contribution in [0.4, 0.5) is 9.80 Å². The van der Waals surface area contributed by atoms with Crippen LogP contribution in [0, 0.1) is 18.3 Å². The second-order valence-electron chi connectivity index (χ2n) is 3.83. The molecule has 1 aromatic carbocycles. The van der Waals surface area contributed by atoms with Crippen LogP contribution in [0.1, 0.15) is 10.4 Å². The molecule has 19 heavy (non-hydrogen) atoms. The van der Waals surface area contributed by atoms with E-state index in [1.54, 1.807) is 0 Å². The van der Waals surface area contributed by atoms with E-state index in [0.29, 0.717) is 10.6 Å². The number of methoxy groups -OCH3 is 1. The summed E-state index contributed by atoms with van der Waals surface area (Å²) in [7, 11) is 1.29. The van der Waals surface area contributed by atoms with Gasteiger partial charge in [-0.3, -0.25) is 5.32 Å². The summed E-state index contributed by atoms with van der Waals surface area (Å²) in [4.78, 5) is 12.3. The number of anilines is 1. The van der Waals surface area contributed by atoms with Gasteiger partial charge in [-0.15, -0.1) is 11.3 Å². The molecule has 0 spiro atoms. The van der Waals surface area contributed by atoms with Gasteiger partial charge in [-0.1, -0.05) is 30.3 Å². The van der Waals surface area contributed by atoms with Crippen LogP contribution in [0.5, 0.6) is 0 Å². The molecule has 5 heteroatoms. The van der Waals surface area contributed by atoms with Crippen LogP contribution in [0.15, 0.2) is 30.3 Å². The van der Waals surface area contributed by atoms with Crippen LogP contribution in [-0.2, 0) is 4.74 Å². The van der Waals surface area contributed by atoms with Crippen molar-refractivity contribution in [3.63, 3.8) is 0 Å². The summed E-state index contributed by atoms with van der Waals surface area (Å²) in [5.74, 6) is 0. The SMILES string of the molecule is COC(=O)Nc1sc(C)c(-c2ccccc2)c1C#N. The molecule has 1 heterocycles. The zero-order valence-electron chi connectivity index (χ0n) is 10.6. The molecule has 1 N–H and O–H groups in total. The van der Waals surface area contributed by atoms with Crippen molar-refractivity contribution in [3.8, 4) is 17.2 Å². The maximum absolute atomic E-state index is 11.3. The standard InChI is InChI=1S/C14H12N2O2S/c1-9-12(10-6-4-3-5-7-10)11(8-15)13(19-9)16-14(17)18-2/h3-7H,1-2H3,(H,16,17). The lowest BCUT2D eigenvalue weighted by molar-refractivity contribution is 0.187. The molecular formula is C14H12N2O2S. The van der Waals surface area contributed by atoms with E-state index in [-0.39, 0.29) is 0 Å². The summed E-state index contributed by atoms with van der Waals surface area (Å²) in [6.07, 6.45) is -0.572. The Morgan fingerprint density at radius 3 is 2.63 bits per heavy atom. The largest absolute Gasteiger partial charge is 0.453 e. The van der Waals surface area contributed by atoms with Gasteiger partial charge in [0.2, 0.25) is 0 Å². The number of rotatable bonds is 2. The van der Waals surface area contributed by atoms with Crippen LogP contribution >= 0.6 is 11.3 Å². The highest BCUT2D eigenvalue weighted by Gasteiger charge is 2.18. The summed E-state index contributed by atoms with van der Waals surface area (Å²) in [6, 6.07) is 11.8. The minimum atomic E-state index is -0.572. The van der Waals surface area contributed by atoms with E-state index in [4.69, 9.17) is 0 Å². The molecule has 0 fully saturated rings. The molecule has 0 atom stereocenters. The van der Waals surface area contributed by atoms with Crippen molar-refractivity contribution in [2.75, 3.05) is 12.4 Å². The number of benzene rings is 1. The Balaban J connectivity index is 2.52. The van der Waals surface area contributed by atoms with Gasteiger partial charge in [0.25, 0.3) is 0 Å². The Bertz CT molecular complexity index is 641. The maximum Gasteiger partial charge on any atom is 0.411 e. The molecule has 0 radical (unpaired) electrons. The first-order chi connectivity index (χ1) is 9.17. The Hall–Kier alpha value is -2.32. The Morgan fingerprint density at radius 1 is 1.37 bits per heavy atom. The van der Waals surface area contributed by atoms with Crippen molar-refractivity contribution in [3.05, 3.63) is 40.8 Å². The summed E-state index contributed by atoms with van der Waals surface area (Å²) < 4.78 is 4.56. The Morgan fingerprint density at radius 2 is 2.05 bits per heavy atom. The van der Waals surface area contributed by atoms with Gasteiger partial charge in [0, 0.05) is 10.4 Å². The molecule has 0 bridgehead atoms. The van der Waals surface area contributed by atoms with Crippen molar-refractivity contribution in [2.24, 2.45) is 0 Å². The zero-order chi connectivity index (χ0) is 13.8. The van der Waals surface area contributed by atoms with Crippen molar-refractivity contribution in [1.29, 1.82) is 5.26 Å². The van der Waals surface area contributed by atoms with E-state index in [1.807, 2.05) is 37.3 Å². The number of hydrogen-bond acceptors (Lipinski definition) is 4. The first kappa shape index (κ1) is 13.1. The lowest BCUT2D eigenvalue weighted by Gasteiger charge is -2.02. The molecule has 0 unspecified atom stereocenters. The molecule has 0 saturated heterocycles. The van der Waals surface area contributed by atoms with Gasteiger partial charge < -0.3 is 4.74 Å². The van der Waals surface area contributed by atoms with E-state index in [2.05, 4.69) is 16.1 Å². The average Bonchev–Trinajstić information content (AvgIpc) is 2.75. The summed E-state index contributed by atoms with van der Waals surface area (Å²) in [5.41, 5.74) is 2.30. The molecule has 2 rings (SSSR count). The van der Waals surface area contributed by atoms with Gasteiger partial charge in [0.05, 0.1) is 12.7 Å². The fraction of sp³-hybridized carbons (Fsp3) is 0.143. The number of hydrogen-bond donors (Lipinski definition) is 1. The molecule has 1 amide bonds. The quantitative estimate of drug-likeness (QED) is 0.905. The minimum absolute atomic E-state index is 0.471. The number of thiophene rings is 1. The van der Waals surface area contributed by atoms with Crippen molar-refractivity contribution in [1.82, 2.24) is 0 Å². The number of aryl methyl sites for hydroxylation is 1. The van der Waals surface area contributed by atoms with Crippen LogP contribution in [0.2, 0.25) is 0 Å². The van der Waals surface area contributed by atoms with E-state index in [1.165, 1.54) is 18.4 Å². The van der Waals surface area contributed by atoms with Gasteiger partial charge in [0.15, 0.2) is 0 Å². The number of carbonyl (C=O) groups excluding carboxylic acids is 1. The highest BCUT2D eigenvalue weighted by atomic mass is 32.1. The highest BCUT2D eigenvalue weighted by Crippen LogP contribution is 2.39. The minimum Gasteiger partial charge on any atom is -0.453 e. The predicted molar refractivity (Wildman–Crippen MR) is 75.2 cm³/mol. The molecule has 1 aromatic heterocycles. The van der Waals surface area contributed by atoms with Crippen LogP contribution in [0.3, 0.4) is 0 Å². The molecule has 0 aliphatic rings. The summed E-state index contributed by atoms with van der Waals surface area (Å²) in [6.45, 7) is 1.93. The molecule has 2 aromatic rings. The normalized spacial score (nSPS) is 9.74. The van der Waals surface area contributed by atoms with Gasteiger partial charge >= 0.3 is 6.09 Å². The van der Waals surface area contributed by atoms with Crippen molar-refractivity contribution in [2.45, 2.75) is 6.92 Å². The first-order valence-electron chi connectivity index (χ1n) is 5.61. The first-order valence-corrected chi connectivity index (χ1v) is 6.43. The lowest BCUT2D eigenvalue weighted by Crippen LogP contribution is -2.10. The number of amides is 1. The lowest BCUT2D eigenvalue weighted by atomic mass is 10.0. The zero-order valence-corrected chi connectivity index (χ0v) is 11.4. The Labute approximate surface area is 115 Å². The second-order valence-corrected chi connectivity index (χ2v) is 5.06. The third kappa shape index (κ3) is 2.59. The second kappa shape index (κ2) is 5.55. The predicted octanol–water partition coefficient (Wildman–Crippen LogP) is 3.77.